The fourth-order valence-corrected chi connectivity index (χ4v) is 3.63. The summed E-state index contributed by atoms with van der Waals surface area (Å²) < 4.78 is 12.3. The minimum Gasteiger partial charge on any atom is -0.496 e. The first kappa shape index (κ1) is 18.4. The monoisotopic (exact) mass is 359 g/mol. The zero-order chi connectivity index (χ0) is 18.6. The lowest BCUT2D eigenvalue weighted by molar-refractivity contribution is -0.150. The topological polar surface area (TPSA) is 76.8 Å². The number of aliphatic carboxylic acids is 1. The van der Waals surface area contributed by atoms with E-state index in [4.69, 9.17) is 9.47 Å². The molecule has 0 atom stereocenters. The maximum absolute atomic E-state index is 11.9. The Morgan fingerprint density at radius 1 is 1.31 bits per heavy atom. The number of hydrogen-bond acceptors (Lipinski definition) is 5. The van der Waals surface area contributed by atoms with Gasteiger partial charge in [-0.2, -0.15) is 0 Å². The highest BCUT2D eigenvalue weighted by atomic mass is 16.5. The Balaban J connectivity index is 1.69. The number of aromatic nitrogens is 2. The second kappa shape index (κ2) is 7.88. The first-order chi connectivity index (χ1) is 12.6. The van der Waals surface area contributed by atoms with Crippen LogP contribution in [0.2, 0.25) is 0 Å². The van der Waals surface area contributed by atoms with Crippen LogP contribution in [0.3, 0.4) is 0 Å². The van der Waals surface area contributed by atoms with E-state index in [1.54, 1.807) is 37.5 Å². The molecule has 0 aliphatic carbocycles. The molecule has 3 rings (SSSR count). The molecular weight excluding hydrogens is 334 g/mol. The number of carboxylic acid groups (broad SMARTS) is 1. The Bertz CT molecular complexity index is 737. The van der Waals surface area contributed by atoms with Crippen molar-refractivity contribution in [2.24, 2.45) is 0 Å². The van der Waals surface area contributed by atoms with Crippen molar-refractivity contribution in [2.75, 3.05) is 27.3 Å². The van der Waals surface area contributed by atoms with Crippen LogP contribution in [0.25, 0.3) is 0 Å². The first-order valence-corrected chi connectivity index (χ1v) is 8.68. The van der Waals surface area contributed by atoms with E-state index in [1.807, 2.05) is 12.1 Å². The average Bonchev–Trinajstić information content (AvgIpc) is 3.18. The second-order valence-electron chi connectivity index (χ2n) is 6.66. The summed E-state index contributed by atoms with van der Waals surface area (Å²) in [5.41, 5.74) is 1.29. The van der Waals surface area contributed by atoms with Gasteiger partial charge >= 0.3 is 5.97 Å². The summed E-state index contributed by atoms with van der Waals surface area (Å²) in [4.78, 5) is 18.2. The van der Waals surface area contributed by atoms with Crippen molar-refractivity contribution >= 4 is 5.97 Å². The SMILES string of the molecule is COCc1cc(CN2CCC(C(=O)O)(n3ccnc3)CC2)ccc1OC. The van der Waals surface area contributed by atoms with Crippen LogP contribution >= 0.6 is 0 Å². The van der Waals surface area contributed by atoms with Crippen molar-refractivity contribution in [3.05, 3.63) is 48.0 Å². The molecule has 7 nitrogen and oxygen atoms in total. The number of piperidine rings is 1. The molecule has 0 radical (unpaired) electrons. The van der Waals surface area contributed by atoms with Crippen molar-refractivity contribution < 1.29 is 19.4 Å². The number of ether oxygens (including phenoxy) is 2. The highest BCUT2D eigenvalue weighted by molar-refractivity contribution is 5.77. The van der Waals surface area contributed by atoms with Crippen LogP contribution in [0.1, 0.15) is 24.0 Å². The van der Waals surface area contributed by atoms with Crippen molar-refractivity contribution in [1.29, 1.82) is 0 Å². The molecule has 26 heavy (non-hydrogen) atoms. The number of rotatable bonds is 7. The molecule has 1 aliphatic heterocycles. The van der Waals surface area contributed by atoms with E-state index in [9.17, 15) is 9.90 Å². The van der Waals surface area contributed by atoms with Crippen LogP contribution in [0.15, 0.2) is 36.9 Å². The van der Waals surface area contributed by atoms with E-state index in [2.05, 4.69) is 16.0 Å². The van der Waals surface area contributed by atoms with Crippen LogP contribution in [0.5, 0.6) is 5.75 Å². The van der Waals surface area contributed by atoms with Gasteiger partial charge in [-0.05, 0) is 30.5 Å². The van der Waals surface area contributed by atoms with Gasteiger partial charge in [0.15, 0.2) is 0 Å². The predicted octanol–water partition coefficient (Wildman–Crippen LogP) is 2.11. The zero-order valence-electron chi connectivity index (χ0n) is 15.2. The number of likely N-dealkylation sites (tertiary alicyclic amines) is 1. The maximum atomic E-state index is 11.9. The summed E-state index contributed by atoms with van der Waals surface area (Å²) in [6, 6.07) is 6.10. The molecule has 0 amide bonds. The van der Waals surface area contributed by atoms with Gasteiger partial charge in [0, 0.05) is 44.7 Å². The van der Waals surface area contributed by atoms with E-state index in [-0.39, 0.29) is 0 Å². The molecule has 1 aromatic carbocycles. The molecule has 1 N–H and O–H groups in total. The highest BCUT2D eigenvalue weighted by Crippen LogP contribution is 2.31. The Labute approximate surface area is 153 Å². The molecule has 2 heterocycles. The number of hydrogen-bond donors (Lipinski definition) is 1. The Kier molecular flexibility index (Phi) is 5.58. The summed E-state index contributed by atoms with van der Waals surface area (Å²) in [6.45, 7) is 2.71. The number of carbonyl (C=O) groups is 1. The third kappa shape index (κ3) is 3.59. The normalized spacial score (nSPS) is 17.2. The molecule has 0 bridgehead atoms. The van der Waals surface area contributed by atoms with Crippen molar-refractivity contribution in [3.8, 4) is 5.75 Å². The van der Waals surface area contributed by atoms with Crippen LogP contribution < -0.4 is 4.74 Å². The molecule has 1 aliphatic rings. The summed E-state index contributed by atoms with van der Waals surface area (Å²) in [6.07, 6.45) is 6.08. The number of carboxylic acids is 1. The predicted molar refractivity (Wildman–Crippen MR) is 96.1 cm³/mol. The van der Waals surface area contributed by atoms with Crippen LogP contribution in [-0.2, 0) is 28.2 Å². The minimum atomic E-state index is -0.895. The van der Waals surface area contributed by atoms with Crippen LogP contribution in [-0.4, -0.2) is 52.8 Å². The smallest absolute Gasteiger partial charge is 0.330 e. The number of imidazole rings is 1. The molecule has 0 saturated carbocycles. The molecule has 1 saturated heterocycles. The van der Waals surface area contributed by atoms with Crippen LogP contribution in [0.4, 0.5) is 0 Å². The summed E-state index contributed by atoms with van der Waals surface area (Å²) in [5, 5.41) is 9.79. The third-order valence-electron chi connectivity index (χ3n) is 5.13. The van der Waals surface area contributed by atoms with Gasteiger partial charge in [0.25, 0.3) is 0 Å². The number of nitrogens with zero attached hydrogens (tertiary/aromatic N) is 3. The van der Waals surface area contributed by atoms with E-state index < -0.39 is 11.5 Å². The van der Waals surface area contributed by atoms with E-state index >= 15 is 0 Å². The fourth-order valence-electron chi connectivity index (χ4n) is 3.63. The quantitative estimate of drug-likeness (QED) is 0.816. The Morgan fingerprint density at radius 2 is 2.08 bits per heavy atom. The van der Waals surface area contributed by atoms with Gasteiger partial charge < -0.3 is 19.1 Å². The number of benzene rings is 1. The standard InChI is InChI=1S/C19H25N3O4/c1-25-13-16-11-15(3-4-17(16)26-2)12-21-8-5-19(6-9-21,18(23)24)22-10-7-20-14-22/h3-4,7,10-11,14H,5-6,8-9,12-13H2,1-2H3,(H,23,24). The molecule has 1 fully saturated rings. The van der Waals surface area contributed by atoms with Crippen molar-refractivity contribution in [1.82, 2.24) is 14.5 Å². The van der Waals surface area contributed by atoms with Gasteiger partial charge in [-0.25, -0.2) is 9.78 Å². The molecular formula is C19H25N3O4. The summed E-state index contributed by atoms with van der Waals surface area (Å²) in [7, 11) is 3.32. The third-order valence-corrected chi connectivity index (χ3v) is 5.13. The Hall–Kier alpha value is -2.38. The van der Waals surface area contributed by atoms with E-state index in [0.29, 0.717) is 19.4 Å². The largest absolute Gasteiger partial charge is 0.496 e. The van der Waals surface area contributed by atoms with Gasteiger partial charge in [0.2, 0.25) is 0 Å². The summed E-state index contributed by atoms with van der Waals surface area (Å²) in [5.74, 6) is 0.0289. The number of methoxy groups -OCH3 is 2. The lowest BCUT2D eigenvalue weighted by Crippen LogP contribution is -2.50. The zero-order valence-corrected chi connectivity index (χ0v) is 15.2. The lowest BCUT2D eigenvalue weighted by atomic mass is 9.87. The van der Waals surface area contributed by atoms with Gasteiger partial charge in [-0.3, -0.25) is 4.90 Å². The fraction of sp³-hybridized carbons (Fsp3) is 0.474. The second-order valence-corrected chi connectivity index (χ2v) is 6.66. The Morgan fingerprint density at radius 3 is 2.65 bits per heavy atom. The van der Waals surface area contributed by atoms with E-state index in [0.717, 1.165) is 30.9 Å². The maximum Gasteiger partial charge on any atom is 0.330 e. The van der Waals surface area contributed by atoms with Crippen molar-refractivity contribution in [3.63, 3.8) is 0 Å². The minimum absolute atomic E-state index is 0.500. The van der Waals surface area contributed by atoms with Crippen molar-refractivity contribution in [2.45, 2.75) is 31.5 Å². The average molecular weight is 359 g/mol. The molecule has 0 unspecified atom stereocenters. The molecule has 2 aromatic rings. The van der Waals surface area contributed by atoms with Gasteiger partial charge in [-0.15, -0.1) is 0 Å². The van der Waals surface area contributed by atoms with Crippen LogP contribution in [0, 0.1) is 0 Å². The highest BCUT2D eigenvalue weighted by Gasteiger charge is 2.42. The molecule has 7 heteroatoms. The molecule has 140 valence electrons. The lowest BCUT2D eigenvalue weighted by Gasteiger charge is -2.39. The first-order valence-electron chi connectivity index (χ1n) is 8.68. The van der Waals surface area contributed by atoms with Gasteiger partial charge in [0.05, 0.1) is 20.0 Å². The van der Waals surface area contributed by atoms with Gasteiger partial charge in [-0.1, -0.05) is 6.07 Å². The molecule has 0 spiro atoms. The van der Waals surface area contributed by atoms with Gasteiger partial charge in [0.1, 0.15) is 11.3 Å². The molecule has 1 aromatic heterocycles. The summed E-state index contributed by atoms with van der Waals surface area (Å²) >= 11 is 0. The van der Waals surface area contributed by atoms with E-state index in [1.165, 1.54) is 5.56 Å².